The summed E-state index contributed by atoms with van der Waals surface area (Å²) in [7, 11) is 0. The van der Waals surface area contributed by atoms with Crippen molar-refractivity contribution in [2.75, 3.05) is 11.4 Å². The molecular formula is C20H21NO. The molecule has 0 aliphatic carbocycles. The average Bonchev–Trinajstić information content (AvgIpc) is 2.66. The van der Waals surface area contributed by atoms with Gasteiger partial charge in [0.05, 0.1) is 6.04 Å². The predicted molar refractivity (Wildman–Crippen MR) is 89.5 cm³/mol. The van der Waals surface area contributed by atoms with Gasteiger partial charge in [0, 0.05) is 31.5 Å². The molecule has 1 saturated heterocycles. The maximum atomic E-state index is 12.1. The molecule has 0 bridgehead atoms. The zero-order valence-corrected chi connectivity index (χ0v) is 13.2. The van der Waals surface area contributed by atoms with Crippen LogP contribution in [0.4, 0.5) is 5.69 Å². The summed E-state index contributed by atoms with van der Waals surface area (Å²) in [4.78, 5) is 14.5. The zero-order valence-electron chi connectivity index (χ0n) is 13.2. The summed E-state index contributed by atoms with van der Waals surface area (Å²) < 4.78 is 0. The first-order chi connectivity index (χ1) is 10.6. The van der Waals surface area contributed by atoms with E-state index in [4.69, 9.17) is 0 Å². The highest BCUT2D eigenvalue weighted by molar-refractivity contribution is 5.83. The Kier molecular flexibility index (Phi) is 3.07. The van der Waals surface area contributed by atoms with Crippen molar-refractivity contribution in [2.45, 2.75) is 39.2 Å². The maximum absolute atomic E-state index is 12.1. The van der Waals surface area contributed by atoms with Gasteiger partial charge in [-0.05, 0) is 47.7 Å². The van der Waals surface area contributed by atoms with Gasteiger partial charge in [0.15, 0.2) is 0 Å². The quantitative estimate of drug-likeness (QED) is 0.728. The van der Waals surface area contributed by atoms with Crippen LogP contribution in [0.15, 0.2) is 36.4 Å². The van der Waals surface area contributed by atoms with Crippen molar-refractivity contribution < 1.29 is 4.79 Å². The highest BCUT2D eigenvalue weighted by Crippen LogP contribution is 2.42. The van der Waals surface area contributed by atoms with E-state index in [1.54, 1.807) is 0 Å². The lowest BCUT2D eigenvalue weighted by Crippen LogP contribution is -2.37. The van der Waals surface area contributed by atoms with Crippen molar-refractivity contribution in [1.82, 2.24) is 0 Å². The molecule has 0 radical (unpaired) electrons. The van der Waals surface area contributed by atoms with E-state index in [-0.39, 0.29) is 6.04 Å². The lowest BCUT2D eigenvalue weighted by Gasteiger charge is -2.37. The molecule has 2 aromatic carbocycles. The number of carbonyl (C=O) groups excluding carboxylic acids is 1. The number of fused-ring (bicyclic) bond motifs is 5. The SMILES string of the molecule is Cc1ccc2c(c1C)Cc1ccccc1N1CCC(=O)CC21. The molecule has 1 unspecified atom stereocenters. The summed E-state index contributed by atoms with van der Waals surface area (Å²) in [6.07, 6.45) is 2.29. The molecule has 112 valence electrons. The summed E-state index contributed by atoms with van der Waals surface area (Å²) in [5.41, 5.74) is 8.20. The predicted octanol–water partition coefficient (Wildman–Crippen LogP) is 4.12. The second kappa shape index (κ2) is 4.98. The highest BCUT2D eigenvalue weighted by atomic mass is 16.1. The fraction of sp³-hybridized carbons (Fsp3) is 0.350. The van der Waals surface area contributed by atoms with Crippen molar-refractivity contribution in [3.63, 3.8) is 0 Å². The van der Waals surface area contributed by atoms with E-state index in [1.165, 1.54) is 33.5 Å². The number of ketones is 1. The Bertz CT molecular complexity index is 762. The number of benzene rings is 2. The first-order valence-corrected chi connectivity index (χ1v) is 8.10. The van der Waals surface area contributed by atoms with E-state index in [0.717, 1.165) is 13.0 Å². The molecule has 0 N–H and O–H groups in total. The summed E-state index contributed by atoms with van der Waals surface area (Å²) in [5, 5.41) is 0. The molecule has 2 heteroatoms. The minimum absolute atomic E-state index is 0.208. The molecule has 2 heterocycles. The number of hydrogen-bond acceptors (Lipinski definition) is 2. The third-order valence-corrected chi connectivity index (χ3v) is 5.36. The summed E-state index contributed by atoms with van der Waals surface area (Å²) in [6, 6.07) is 13.4. The number of para-hydroxylation sites is 1. The van der Waals surface area contributed by atoms with Gasteiger partial charge in [0.25, 0.3) is 0 Å². The van der Waals surface area contributed by atoms with Crippen LogP contribution in [0.1, 0.15) is 46.7 Å². The minimum atomic E-state index is 0.208. The van der Waals surface area contributed by atoms with E-state index in [9.17, 15) is 4.79 Å². The van der Waals surface area contributed by atoms with E-state index < -0.39 is 0 Å². The van der Waals surface area contributed by atoms with Gasteiger partial charge in [-0.1, -0.05) is 30.3 Å². The van der Waals surface area contributed by atoms with E-state index in [2.05, 4.69) is 55.1 Å². The number of carbonyl (C=O) groups is 1. The van der Waals surface area contributed by atoms with Crippen molar-refractivity contribution in [1.29, 1.82) is 0 Å². The van der Waals surface area contributed by atoms with Gasteiger partial charge in [-0.2, -0.15) is 0 Å². The molecule has 2 aliphatic rings. The van der Waals surface area contributed by atoms with Gasteiger partial charge in [-0.15, -0.1) is 0 Å². The highest BCUT2D eigenvalue weighted by Gasteiger charge is 2.33. The monoisotopic (exact) mass is 291 g/mol. The van der Waals surface area contributed by atoms with Crippen LogP contribution < -0.4 is 4.90 Å². The van der Waals surface area contributed by atoms with E-state index in [1.807, 2.05) is 0 Å². The molecule has 2 nitrogen and oxygen atoms in total. The minimum Gasteiger partial charge on any atom is -0.363 e. The number of aryl methyl sites for hydroxylation is 1. The van der Waals surface area contributed by atoms with Gasteiger partial charge in [0.1, 0.15) is 5.78 Å². The molecule has 0 saturated carbocycles. The molecule has 1 fully saturated rings. The number of anilines is 1. The van der Waals surface area contributed by atoms with E-state index >= 15 is 0 Å². The molecule has 2 aliphatic heterocycles. The van der Waals surface area contributed by atoms with Crippen LogP contribution >= 0.6 is 0 Å². The molecule has 0 aromatic heterocycles. The average molecular weight is 291 g/mol. The fourth-order valence-electron chi connectivity index (χ4n) is 3.97. The Hall–Kier alpha value is -2.09. The number of rotatable bonds is 0. The molecule has 4 rings (SSSR count). The Labute approximate surface area is 131 Å². The number of nitrogens with zero attached hydrogens (tertiary/aromatic N) is 1. The molecule has 0 spiro atoms. The summed E-state index contributed by atoms with van der Waals surface area (Å²) in [6.45, 7) is 5.24. The van der Waals surface area contributed by atoms with Crippen LogP contribution in [0.2, 0.25) is 0 Å². The molecule has 2 aromatic rings. The van der Waals surface area contributed by atoms with Crippen LogP contribution in [0.3, 0.4) is 0 Å². The second-order valence-corrected chi connectivity index (χ2v) is 6.58. The first kappa shape index (κ1) is 13.6. The van der Waals surface area contributed by atoms with Gasteiger partial charge in [-0.25, -0.2) is 0 Å². The van der Waals surface area contributed by atoms with Crippen LogP contribution in [0.25, 0.3) is 0 Å². The molecular weight excluding hydrogens is 270 g/mol. The van der Waals surface area contributed by atoms with Gasteiger partial charge >= 0.3 is 0 Å². The normalized spacial score (nSPS) is 20.0. The topological polar surface area (TPSA) is 20.3 Å². The summed E-state index contributed by atoms with van der Waals surface area (Å²) in [5.74, 6) is 0.393. The molecule has 22 heavy (non-hydrogen) atoms. The third kappa shape index (κ3) is 1.98. The third-order valence-electron chi connectivity index (χ3n) is 5.36. The standard InChI is InChI=1S/C20H21NO/c1-13-7-8-17-18(14(13)2)11-15-5-3-4-6-19(15)21-10-9-16(22)12-20(17)21/h3-8,20H,9-12H2,1-2H3. The van der Waals surface area contributed by atoms with Gasteiger partial charge in [0.2, 0.25) is 0 Å². The largest absolute Gasteiger partial charge is 0.363 e. The van der Waals surface area contributed by atoms with Crippen molar-refractivity contribution in [2.24, 2.45) is 0 Å². The molecule has 0 amide bonds. The zero-order chi connectivity index (χ0) is 15.3. The number of Topliss-reactive ketones (excluding diaryl/α,β-unsaturated/α-hetero) is 1. The van der Waals surface area contributed by atoms with Crippen molar-refractivity contribution in [3.8, 4) is 0 Å². The first-order valence-electron chi connectivity index (χ1n) is 8.10. The molecule has 1 atom stereocenters. The van der Waals surface area contributed by atoms with E-state index in [0.29, 0.717) is 18.6 Å². The number of piperidine rings is 1. The van der Waals surface area contributed by atoms with Crippen molar-refractivity contribution in [3.05, 3.63) is 64.2 Å². The van der Waals surface area contributed by atoms with Gasteiger partial charge < -0.3 is 4.90 Å². The van der Waals surface area contributed by atoms with Gasteiger partial charge in [-0.3, -0.25) is 4.79 Å². The number of hydrogen-bond donors (Lipinski definition) is 0. The second-order valence-electron chi connectivity index (χ2n) is 6.58. The van der Waals surface area contributed by atoms with Crippen molar-refractivity contribution >= 4 is 11.5 Å². The Morgan fingerprint density at radius 3 is 2.77 bits per heavy atom. The lowest BCUT2D eigenvalue weighted by atomic mass is 9.87. The smallest absolute Gasteiger partial charge is 0.137 e. The van der Waals surface area contributed by atoms with Crippen LogP contribution in [0, 0.1) is 13.8 Å². The summed E-state index contributed by atoms with van der Waals surface area (Å²) >= 11 is 0. The van der Waals surface area contributed by atoms with Crippen LogP contribution in [-0.4, -0.2) is 12.3 Å². The Morgan fingerprint density at radius 1 is 1.09 bits per heavy atom. The van der Waals surface area contributed by atoms with Crippen LogP contribution in [-0.2, 0) is 11.2 Å². The fourth-order valence-corrected chi connectivity index (χ4v) is 3.97. The lowest BCUT2D eigenvalue weighted by molar-refractivity contribution is -0.120. The Morgan fingerprint density at radius 2 is 1.91 bits per heavy atom. The van der Waals surface area contributed by atoms with Crippen LogP contribution in [0.5, 0.6) is 0 Å². The maximum Gasteiger partial charge on any atom is 0.137 e. The Balaban J connectivity index is 1.96.